The van der Waals surface area contributed by atoms with Gasteiger partial charge in [0.05, 0.1) is 42.9 Å². The van der Waals surface area contributed by atoms with Gasteiger partial charge in [-0.25, -0.2) is 15.0 Å². The van der Waals surface area contributed by atoms with Gasteiger partial charge in [0.25, 0.3) is 5.91 Å². The van der Waals surface area contributed by atoms with Crippen LogP contribution in [0.2, 0.25) is 5.02 Å². The van der Waals surface area contributed by atoms with Crippen molar-refractivity contribution in [3.05, 3.63) is 95.1 Å². The lowest BCUT2D eigenvalue weighted by Crippen LogP contribution is -2.26. The Balaban J connectivity index is 1.60. The van der Waals surface area contributed by atoms with Crippen LogP contribution in [0.15, 0.2) is 67.3 Å². The molecular weight excluding hydrogens is 456 g/mol. The fourth-order valence-electron chi connectivity index (χ4n) is 3.38. The topological polar surface area (TPSA) is 114 Å². The molecule has 1 amide bonds. The zero-order chi connectivity index (χ0) is 23.9. The summed E-state index contributed by atoms with van der Waals surface area (Å²) in [5.41, 5.74) is 3.04. The third kappa shape index (κ3) is 5.33. The number of carbonyl (C=O) groups excluding carboxylic acids is 1. The molecule has 1 aromatic carbocycles. The molecule has 0 aliphatic carbocycles. The zero-order valence-corrected chi connectivity index (χ0v) is 19.2. The molecule has 4 rings (SSSR count). The van der Waals surface area contributed by atoms with Gasteiger partial charge in [0, 0.05) is 30.8 Å². The van der Waals surface area contributed by atoms with E-state index in [9.17, 15) is 9.90 Å². The van der Waals surface area contributed by atoms with Crippen molar-refractivity contribution >= 4 is 23.2 Å². The molecule has 4 aromatic rings. The Kier molecular flexibility index (Phi) is 7.36. The van der Waals surface area contributed by atoms with Crippen LogP contribution in [0, 0.1) is 0 Å². The van der Waals surface area contributed by atoms with Crippen molar-refractivity contribution in [3.8, 4) is 11.4 Å². The maximum atomic E-state index is 13.0. The summed E-state index contributed by atoms with van der Waals surface area (Å²) in [6, 6.07) is 12.6. The lowest BCUT2D eigenvalue weighted by Gasteiger charge is -2.15. The number of rotatable bonds is 9. The van der Waals surface area contributed by atoms with Crippen LogP contribution in [0.25, 0.3) is 5.69 Å². The first-order chi connectivity index (χ1) is 16.6. The second-order valence-electron chi connectivity index (χ2n) is 7.29. The first-order valence-corrected chi connectivity index (χ1v) is 10.8. The molecule has 0 fully saturated rings. The number of ether oxygens (including phenoxy) is 1. The molecule has 0 bridgehead atoms. The van der Waals surface area contributed by atoms with Crippen molar-refractivity contribution in [1.82, 2.24) is 24.8 Å². The number of carbonyl (C=O) groups is 1. The molecule has 0 atom stereocenters. The number of halogens is 1. The van der Waals surface area contributed by atoms with E-state index in [1.165, 1.54) is 0 Å². The first-order valence-electron chi connectivity index (χ1n) is 10.5. The highest BCUT2D eigenvalue weighted by Crippen LogP contribution is 2.26. The maximum absolute atomic E-state index is 13.0. The number of benzene rings is 1. The number of hydrogen-bond donors (Lipinski definition) is 3. The highest BCUT2D eigenvalue weighted by atomic mass is 35.5. The molecule has 0 aliphatic heterocycles. The number of aliphatic hydroxyl groups excluding tert-OH is 1. The van der Waals surface area contributed by atoms with Gasteiger partial charge >= 0.3 is 0 Å². The molecule has 3 aromatic heterocycles. The summed E-state index contributed by atoms with van der Waals surface area (Å²) in [5.74, 6) is 0.709. The second kappa shape index (κ2) is 10.8. The Morgan fingerprint density at radius 1 is 1.12 bits per heavy atom. The van der Waals surface area contributed by atoms with E-state index in [-0.39, 0.29) is 24.8 Å². The van der Waals surface area contributed by atoms with Crippen LogP contribution in [0.4, 0.5) is 5.69 Å². The van der Waals surface area contributed by atoms with Gasteiger partial charge in [-0.15, -0.1) is 0 Å². The first kappa shape index (κ1) is 23.2. The lowest BCUT2D eigenvalue weighted by atomic mass is 10.2. The van der Waals surface area contributed by atoms with E-state index < -0.39 is 0 Å². The quantitative estimate of drug-likeness (QED) is 0.338. The van der Waals surface area contributed by atoms with Gasteiger partial charge in [0.2, 0.25) is 0 Å². The van der Waals surface area contributed by atoms with Crippen molar-refractivity contribution in [2.45, 2.75) is 19.7 Å². The Morgan fingerprint density at radius 2 is 1.94 bits per heavy atom. The number of anilines is 1. The Morgan fingerprint density at radius 3 is 2.68 bits per heavy atom. The Hall–Kier alpha value is -3.95. The van der Waals surface area contributed by atoms with Crippen LogP contribution in [0.3, 0.4) is 0 Å². The number of aliphatic hydroxyl groups is 1. The molecule has 3 heterocycles. The predicted octanol–water partition coefficient (Wildman–Crippen LogP) is 3.36. The van der Waals surface area contributed by atoms with E-state index >= 15 is 0 Å². The van der Waals surface area contributed by atoms with Crippen LogP contribution < -0.4 is 15.4 Å². The fraction of sp³-hybridized carbons (Fsp3) is 0.167. The number of nitrogens with zero attached hydrogens (tertiary/aromatic N) is 4. The molecule has 0 saturated carbocycles. The van der Waals surface area contributed by atoms with E-state index in [0.717, 1.165) is 5.56 Å². The third-order valence-electron chi connectivity index (χ3n) is 5.09. The summed E-state index contributed by atoms with van der Waals surface area (Å²) in [6.45, 7) is 0.442. The van der Waals surface area contributed by atoms with Crippen molar-refractivity contribution in [3.63, 3.8) is 0 Å². The van der Waals surface area contributed by atoms with Gasteiger partial charge in [0.15, 0.2) is 5.69 Å². The van der Waals surface area contributed by atoms with Crippen LogP contribution in [-0.4, -0.2) is 37.6 Å². The van der Waals surface area contributed by atoms with Gasteiger partial charge in [0.1, 0.15) is 11.6 Å². The van der Waals surface area contributed by atoms with E-state index in [1.807, 2.05) is 35.0 Å². The summed E-state index contributed by atoms with van der Waals surface area (Å²) in [4.78, 5) is 25.6. The molecule has 10 heteroatoms. The maximum Gasteiger partial charge on any atom is 0.272 e. The minimum atomic E-state index is -0.371. The van der Waals surface area contributed by atoms with Crippen LogP contribution in [-0.2, 0) is 19.7 Å². The monoisotopic (exact) mass is 478 g/mol. The average molecular weight is 479 g/mol. The summed E-state index contributed by atoms with van der Waals surface area (Å²) in [6.07, 6.45) is 6.64. The van der Waals surface area contributed by atoms with Crippen molar-refractivity contribution in [1.29, 1.82) is 0 Å². The number of aromatic nitrogens is 4. The minimum absolute atomic E-state index is 0.126. The fourth-order valence-corrected chi connectivity index (χ4v) is 3.66. The van der Waals surface area contributed by atoms with E-state index in [4.69, 9.17) is 16.3 Å². The molecule has 174 valence electrons. The van der Waals surface area contributed by atoms with Gasteiger partial charge in [-0.1, -0.05) is 17.7 Å². The number of amides is 1. The average Bonchev–Trinajstić information content (AvgIpc) is 3.35. The molecule has 0 spiro atoms. The molecule has 3 N–H and O–H groups in total. The summed E-state index contributed by atoms with van der Waals surface area (Å²) >= 11 is 6.25. The van der Waals surface area contributed by atoms with Gasteiger partial charge in [-0.2, -0.15) is 0 Å². The molecule has 0 aliphatic rings. The van der Waals surface area contributed by atoms with E-state index in [1.54, 1.807) is 43.9 Å². The standard InChI is InChI=1S/C24H23ClN6O3/c1-34-21-6-5-16(10-19(21)25)12-28-20-11-18(31-9-2-4-17(31)15-32)13-29-23(20)24(33)30-14-22-26-7-3-8-27-22/h2-11,13,28,32H,12,14-15H2,1H3,(H,30,33). The number of hydrogen-bond acceptors (Lipinski definition) is 7. The highest BCUT2D eigenvalue weighted by Gasteiger charge is 2.16. The summed E-state index contributed by atoms with van der Waals surface area (Å²) in [5, 5.41) is 16.2. The molecule has 0 unspecified atom stereocenters. The van der Waals surface area contributed by atoms with Crippen molar-refractivity contribution in [2.24, 2.45) is 0 Å². The largest absolute Gasteiger partial charge is 0.495 e. The summed E-state index contributed by atoms with van der Waals surface area (Å²) in [7, 11) is 1.56. The Bertz CT molecular complexity index is 1280. The summed E-state index contributed by atoms with van der Waals surface area (Å²) < 4.78 is 7.01. The van der Waals surface area contributed by atoms with Gasteiger partial charge in [-0.05, 0) is 42.0 Å². The Labute approximate surface area is 201 Å². The van der Waals surface area contributed by atoms with Crippen LogP contribution in [0.1, 0.15) is 27.6 Å². The minimum Gasteiger partial charge on any atom is -0.495 e. The van der Waals surface area contributed by atoms with Crippen molar-refractivity contribution in [2.75, 3.05) is 12.4 Å². The van der Waals surface area contributed by atoms with Crippen LogP contribution in [0.5, 0.6) is 5.75 Å². The SMILES string of the molecule is COc1ccc(CNc2cc(-n3cccc3CO)cnc2C(=O)NCc2ncccn2)cc1Cl. The van der Waals surface area contributed by atoms with E-state index in [2.05, 4.69) is 25.6 Å². The predicted molar refractivity (Wildman–Crippen MR) is 128 cm³/mol. The highest BCUT2D eigenvalue weighted by molar-refractivity contribution is 6.32. The van der Waals surface area contributed by atoms with Gasteiger partial charge < -0.3 is 25.0 Å². The molecule has 0 radical (unpaired) electrons. The van der Waals surface area contributed by atoms with Gasteiger partial charge in [-0.3, -0.25) is 4.79 Å². The normalized spacial score (nSPS) is 10.7. The molecule has 9 nitrogen and oxygen atoms in total. The zero-order valence-electron chi connectivity index (χ0n) is 18.4. The number of nitrogens with one attached hydrogen (secondary N) is 2. The molecular formula is C24H23ClN6O3. The third-order valence-corrected chi connectivity index (χ3v) is 5.38. The second-order valence-corrected chi connectivity index (χ2v) is 7.69. The van der Waals surface area contributed by atoms with Crippen molar-refractivity contribution < 1.29 is 14.6 Å². The molecule has 0 saturated heterocycles. The number of methoxy groups -OCH3 is 1. The van der Waals surface area contributed by atoms with Crippen LogP contribution >= 0.6 is 11.6 Å². The lowest BCUT2D eigenvalue weighted by molar-refractivity contribution is 0.0945. The smallest absolute Gasteiger partial charge is 0.272 e. The van der Waals surface area contributed by atoms with E-state index in [0.29, 0.717) is 40.2 Å². The molecule has 34 heavy (non-hydrogen) atoms. The number of pyridine rings is 1.